The lowest BCUT2D eigenvalue weighted by molar-refractivity contribution is 0.745. The Morgan fingerprint density at radius 3 is 2.94 bits per heavy atom. The van der Waals surface area contributed by atoms with E-state index in [2.05, 4.69) is 28.3 Å². The highest BCUT2D eigenvalue weighted by atomic mass is 32.2. The smallest absolute Gasteiger partial charge is 0.128 e. The van der Waals surface area contributed by atoms with E-state index in [-0.39, 0.29) is 0 Å². The number of nitrogens with two attached hydrogens (primary N) is 1. The molecular formula is C13H21N3S. The van der Waals surface area contributed by atoms with E-state index in [0.717, 1.165) is 29.7 Å². The van der Waals surface area contributed by atoms with Crippen molar-refractivity contribution < 1.29 is 0 Å². The van der Waals surface area contributed by atoms with E-state index in [9.17, 15) is 0 Å². The number of nitrogens with zero attached hydrogens (tertiary/aromatic N) is 2. The van der Waals surface area contributed by atoms with Gasteiger partial charge in [0.05, 0.1) is 0 Å². The fourth-order valence-corrected chi connectivity index (χ4v) is 3.00. The Bertz CT molecular complexity index is 339. The molecule has 17 heavy (non-hydrogen) atoms. The lowest BCUT2D eigenvalue weighted by Crippen LogP contribution is -2.25. The van der Waals surface area contributed by atoms with Crippen molar-refractivity contribution in [2.45, 2.75) is 31.1 Å². The molecule has 4 heteroatoms. The van der Waals surface area contributed by atoms with Crippen LogP contribution in [0.25, 0.3) is 0 Å². The van der Waals surface area contributed by atoms with Crippen LogP contribution >= 0.6 is 11.8 Å². The zero-order valence-corrected chi connectivity index (χ0v) is 11.2. The number of aromatic nitrogens is 1. The van der Waals surface area contributed by atoms with E-state index >= 15 is 0 Å². The highest BCUT2D eigenvalue weighted by Gasteiger charge is 2.16. The maximum absolute atomic E-state index is 5.58. The summed E-state index contributed by atoms with van der Waals surface area (Å²) in [6, 6.07) is 4.18. The quantitative estimate of drug-likeness (QED) is 0.895. The minimum absolute atomic E-state index is 0.571. The van der Waals surface area contributed by atoms with E-state index < -0.39 is 0 Å². The summed E-state index contributed by atoms with van der Waals surface area (Å²) in [5.74, 6) is 1.10. The highest BCUT2D eigenvalue weighted by Crippen LogP contribution is 2.23. The fraction of sp³-hybridized carbons (Fsp3) is 0.615. The summed E-state index contributed by atoms with van der Waals surface area (Å²) in [6.07, 6.45) is 7.98. The van der Waals surface area contributed by atoms with Crippen LogP contribution in [-0.2, 0) is 6.54 Å². The summed E-state index contributed by atoms with van der Waals surface area (Å²) in [5.41, 5.74) is 6.69. The summed E-state index contributed by atoms with van der Waals surface area (Å²) in [4.78, 5) is 6.90. The Hall–Kier alpha value is -0.740. The van der Waals surface area contributed by atoms with Crippen molar-refractivity contribution in [3.05, 3.63) is 23.9 Å². The van der Waals surface area contributed by atoms with Crippen LogP contribution in [0.2, 0.25) is 0 Å². The van der Waals surface area contributed by atoms with Crippen molar-refractivity contribution >= 4 is 17.6 Å². The number of anilines is 1. The van der Waals surface area contributed by atoms with Gasteiger partial charge in [-0.3, -0.25) is 0 Å². The van der Waals surface area contributed by atoms with Gasteiger partial charge >= 0.3 is 0 Å². The lowest BCUT2D eigenvalue weighted by atomic mass is 10.2. The first kappa shape index (κ1) is 12.7. The van der Waals surface area contributed by atoms with Gasteiger partial charge in [0.15, 0.2) is 0 Å². The molecule has 0 saturated carbocycles. The molecule has 1 aliphatic rings. The molecule has 1 fully saturated rings. The summed E-state index contributed by atoms with van der Waals surface area (Å²) < 4.78 is 0. The standard InChI is InChI=1S/C13H21N3S/c1-17-12-3-2-7-16(8-6-12)13-5-4-11(9-14)10-15-13/h4-5,10,12H,2-3,6-9,14H2,1H3. The van der Waals surface area contributed by atoms with Crippen LogP contribution in [0.5, 0.6) is 0 Å². The van der Waals surface area contributed by atoms with Crippen LogP contribution in [0.3, 0.4) is 0 Å². The Balaban J connectivity index is 2.01. The van der Waals surface area contributed by atoms with Crippen LogP contribution in [0, 0.1) is 0 Å². The fourth-order valence-electron chi connectivity index (χ4n) is 2.26. The van der Waals surface area contributed by atoms with Crippen LogP contribution in [0.4, 0.5) is 5.82 Å². The predicted octanol–water partition coefficient (Wildman–Crippen LogP) is 2.26. The third-order valence-electron chi connectivity index (χ3n) is 3.38. The van der Waals surface area contributed by atoms with E-state index in [0.29, 0.717) is 6.54 Å². The topological polar surface area (TPSA) is 42.1 Å². The predicted molar refractivity (Wildman–Crippen MR) is 75.5 cm³/mol. The Morgan fingerprint density at radius 2 is 2.29 bits per heavy atom. The third-order valence-corrected chi connectivity index (χ3v) is 4.52. The molecule has 1 unspecified atom stereocenters. The van der Waals surface area contributed by atoms with Crippen molar-refractivity contribution in [2.75, 3.05) is 24.2 Å². The average Bonchev–Trinajstić information content (AvgIpc) is 2.64. The SMILES string of the molecule is CSC1CCCN(c2ccc(CN)cn2)CC1. The minimum Gasteiger partial charge on any atom is -0.357 e. The third kappa shape index (κ3) is 3.36. The van der Waals surface area contributed by atoms with E-state index in [1.54, 1.807) is 0 Å². The molecule has 0 bridgehead atoms. The molecular weight excluding hydrogens is 230 g/mol. The van der Waals surface area contributed by atoms with Crippen LogP contribution < -0.4 is 10.6 Å². The first-order chi connectivity index (χ1) is 8.33. The second-order valence-corrected chi connectivity index (χ2v) is 5.64. The number of hydrogen-bond donors (Lipinski definition) is 1. The summed E-state index contributed by atoms with van der Waals surface area (Å²) in [7, 11) is 0. The van der Waals surface area contributed by atoms with Gasteiger partial charge in [-0.05, 0) is 37.1 Å². The van der Waals surface area contributed by atoms with Crippen molar-refractivity contribution in [3.8, 4) is 0 Å². The van der Waals surface area contributed by atoms with Gasteiger partial charge in [0.2, 0.25) is 0 Å². The van der Waals surface area contributed by atoms with Crippen LogP contribution in [0.15, 0.2) is 18.3 Å². The van der Waals surface area contributed by atoms with Gasteiger partial charge in [-0.25, -0.2) is 4.98 Å². The molecule has 0 aliphatic carbocycles. The lowest BCUT2D eigenvalue weighted by Gasteiger charge is -2.21. The molecule has 2 heterocycles. The number of hydrogen-bond acceptors (Lipinski definition) is 4. The highest BCUT2D eigenvalue weighted by molar-refractivity contribution is 7.99. The molecule has 0 amide bonds. The molecule has 1 aliphatic heterocycles. The monoisotopic (exact) mass is 251 g/mol. The summed E-state index contributed by atoms with van der Waals surface area (Å²) in [5, 5.41) is 0.823. The maximum Gasteiger partial charge on any atom is 0.128 e. The van der Waals surface area contributed by atoms with E-state index in [1.807, 2.05) is 18.0 Å². The normalized spacial score (nSPS) is 21.3. The van der Waals surface area contributed by atoms with Crippen molar-refractivity contribution in [2.24, 2.45) is 5.73 Å². The minimum atomic E-state index is 0.571. The van der Waals surface area contributed by atoms with Crippen LogP contribution in [0.1, 0.15) is 24.8 Å². The Morgan fingerprint density at radius 1 is 1.41 bits per heavy atom. The number of rotatable bonds is 3. The van der Waals surface area contributed by atoms with Crippen LogP contribution in [-0.4, -0.2) is 29.6 Å². The average molecular weight is 251 g/mol. The summed E-state index contributed by atoms with van der Waals surface area (Å²) in [6.45, 7) is 2.83. The molecule has 2 N–H and O–H groups in total. The Labute approximate surface area is 108 Å². The maximum atomic E-state index is 5.58. The number of thioether (sulfide) groups is 1. The molecule has 1 aromatic heterocycles. The van der Waals surface area contributed by atoms with Gasteiger partial charge in [0.1, 0.15) is 5.82 Å². The van der Waals surface area contributed by atoms with Crippen molar-refractivity contribution in [3.63, 3.8) is 0 Å². The van der Waals surface area contributed by atoms with Gasteiger partial charge in [0, 0.05) is 31.1 Å². The molecule has 0 radical (unpaired) electrons. The van der Waals surface area contributed by atoms with Crippen molar-refractivity contribution in [1.82, 2.24) is 4.98 Å². The molecule has 2 rings (SSSR count). The van der Waals surface area contributed by atoms with E-state index in [1.165, 1.54) is 19.3 Å². The molecule has 0 spiro atoms. The molecule has 1 saturated heterocycles. The van der Waals surface area contributed by atoms with E-state index in [4.69, 9.17) is 5.73 Å². The van der Waals surface area contributed by atoms with Crippen molar-refractivity contribution in [1.29, 1.82) is 0 Å². The van der Waals surface area contributed by atoms with Gasteiger partial charge in [-0.15, -0.1) is 0 Å². The largest absolute Gasteiger partial charge is 0.357 e. The molecule has 94 valence electrons. The molecule has 1 aromatic rings. The Kier molecular flexibility index (Phi) is 4.68. The van der Waals surface area contributed by atoms with Gasteiger partial charge < -0.3 is 10.6 Å². The zero-order chi connectivity index (χ0) is 12.1. The first-order valence-corrected chi connectivity index (χ1v) is 7.55. The zero-order valence-electron chi connectivity index (χ0n) is 10.4. The second kappa shape index (κ2) is 6.26. The first-order valence-electron chi connectivity index (χ1n) is 6.26. The number of pyridine rings is 1. The second-order valence-electron chi connectivity index (χ2n) is 4.50. The molecule has 3 nitrogen and oxygen atoms in total. The van der Waals surface area contributed by atoms with Gasteiger partial charge in [-0.1, -0.05) is 6.07 Å². The molecule has 0 aromatic carbocycles. The molecule has 1 atom stereocenters. The van der Waals surface area contributed by atoms with Gasteiger partial charge in [0.25, 0.3) is 0 Å². The van der Waals surface area contributed by atoms with Gasteiger partial charge in [-0.2, -0.15) is 11.8 Å². The summed E-state index contributed by atoms with van der Waals surface area (Å²) >= 11 is 2.00.